The van der Waals surface area contributed by atoms with E-state index in [4.69, 9.17) is 0 Å². The molecule has 1 N–H and O–H groups in total. The van der Waals surface area contributed by atoms with E-state index >= 15 is 0 Å². The molecule has 0 aliphatic carbocycles. The van der Waals surface area contributed by atoms with Gasteiger partial charge in [0.25, 0.3) is 10.0 Å². The molecule has 9 heteroatoms. The highest BCUT2D eigenvalue weighted by Crippen LogP contribution is 2.38. The van der Waals surface area contributed by atoms with Crippen molar-refractivity contribution in [2.24, 2.45) is 12.0 Å². The zero-order valence-corrected chi connectivity index (χ0v) is 19.5. The van der Waals surface area contributed by atoms with E-state index in [1.807, 2.05) is 25.4 Å². The van der Waals surface area contributed by atoms with Crippen LogP contribution in [0.3, 0.4) is 0 Å². The van der Waals surface area contributed by atoms with Crippen LogP contribution < -0.4 is 4.72 Å². The van der Waals surface area contributed by atoms with Gasteiger partial charge >= 0.3 is 0 Å². The Kier molecular flexibility index (Phi) is 5.06. The predicted octanol–water partition coefficient (Wildman–Crippen LogP) is 4.22. The maximum absolute atomic E-state index is 12.8. The number of anilines is 1. The molecule has 0 radical (unpaired) electrons. The molecule has 1 aromatic carbocycles. The minimum atomic E-state index is -3.75. The van der Waals surface area contributed by atoms with Crippen molar-refractivity contribution in [1.29, 1.82) is 0 Å². The molecule has 1 aliphatic heterocycles. The fourth-order valence-corrected chi connectivity index (χ4v) is 4.55. The van der Waals surface area contributed by atoms with Crippen molar-refractivity contribution in [3.63, 3.8) is 0 Å². The largest absolute Gasteiger partial charge is 0.275 e. The summed E-state index contributed by atoms with van der Waals surface area (Å²) in [6.07, 6.45) is 3.64. The predicted molar refractivity (Wildman–Crippen MR) is 120 cm³/mol. The van der Waals surface area contributed by atoms with Gasteiger partial charge in [0.15, 0.2) is 0 Å². The van der Waals surface area contributed by atoms with Crippen molar-refractivity contribution in [1.82, 2.24) is 14.8 Å². The maximum atomic E-state index is 12.8. The summed E-state index contributed by atoms with van der Waals surface area (Å²) in [7, 11) is -1.91. The zero-order valence-electron chi connectivity index (χ0n) is 17.1. The number of pyridine rings is 1. The average Bonchev–Trinajstić information content (AvgIpc) is 3.35. The van der Waals surface area contributed by atoms with Crippen molar-refractivity contribution in [2.45, 2.75) is 37.1 Å². The molecule has 0 spiro atoms. The molecule has 7 nitrogen and oxygen atoms in total. The lowest BCUT2D eigenvalue weighted by Gasteiger charge is -2.19. The molecule has 0 fully saturated rings. The Morgan fingerprint density at radius 2 is 1.80 bits per heavy atom. The molecule has 0 saturated carbocycles. The summed E-state index contributed by atoms with van der Waals surface area (Å²) < 4.78 is 30.7. The highest BCUT2D eigenvalue weighted by atomic mass is 79.9. The van der Waals surface area contributed by atoms with Gasteiger partial charge in [0.2, 0.25) is 0 Å². The van der Waals surface area contributed by atoms with Gasteiger partial charge in [0.1, 0.15) is 11.9 Å². The van der Waals surface area contributed by atoms with Crippen LogP contribution in [-0.4, -0.2) is 28.9 Å². The van der Waals surface area contributed by atoms with Gasteiger partial charge in [0, 0.05) is 23.3 Å². The number of nitrogens with zero attached hydrogens (tertiary/aromatic N) is 4. The van der Waals surface area contributed by atoms with Crippen LogP contribution in [-0.2, 0) is 22.5 Å². The van der Waals surface area contributed by atoms with Gasteiger partial charge < -0.3 is 0 Å². The first kappa shape index (κ1) is 20.7. The molecular formula is C21H22BrN5O2S. The Labute approximate surface area is 184 Å². The smallest absolute Gasteiger partial charge is 0.263 e. The third kappa shape index (κ3) is 4.17. The van der Waals surface area contributed by atoms with Gasteiger partial charge in [-0.25, -0.2) is 13.4 Å². The summed E-state index contributed by atoms with van der Waals surface area (Å²) in [5.74, 6) is 0.251. The van der Waals surface area contributed by atoms with Gasteiger partial charge in [-0.1, -0.05) is 32.9 Å². The van der Waals surface area contributed by atoms with Gasteiger partial charge in [0.05, 0.1) is 22.5 Å². The SMILES string of the molecule is Cn1cc(C2=NC2c2nc(NS(=O)(=O)c3ccc(C(C)(C)C)cc3)ccc2Br)cn1. The van der Waals surface area contributed by atoms with Crippen LogP contribution >= 0.6 is 15.9 Å². The molecule has 4 rings (SSSR count). The molecule has 3 aromatic rings. The third-order valence-electron chi connectivity index (χ3n) is 4.86. The standard InChI is InChI=1S/C21H22BrN5O2S/c1-21(2,3)14-5-7-15(8-6-14)30(28,29)26-17-10-9-16(22)19(24-17)20-18(25-20)13-11-23-27(4)12-13/h5-12,20H,1-4H3,(H,24,26). The lowest BCUT2D eigenvalue weighted by Crippen LogP contribution is -2.16. The Bertz CT molecular complexity index is 1240. The second-order valence-corrected chi connectivity index (χ2v) is 10.8. The summed E-state index contributed by atoms with van der Waals surface area (Å²) in [6.45, 7) is 6.26. The highest BCUT2D eigenvalue weighted by molar-refractivity contribution is 9.10. The Hall–Kier alpha value is -2.52. The fraction of sp³-hybridized carbons (Fsp3) is 0.286. The van der Waals surface area contributed by atoms with Crippen molar-refractivity contribution >= 4 is 37.5 Å². The van der Waals surface area contributed by atoms with Crippen LogP contribution in [0.1, 0.15) is 43.6 Å². The van der Waals surface area contributed by atoms with Crippen LogP contribution in [0.15, 0.2) is 63.2 Å². The van der Waals surface area contributed by atoms with Crippen LogP contribution in [0.5, 0.6) is 0 Å². The van der Waals surface area contributed by atoms with Crippen molar-refractivity contribution in [3.05, 3.63) is 70.1 Å². The Morgan fingerprint density at radius 3 is 2.40 bits per heavy atom. The van der Waals surface area contributed by atoms with Crippen LogP contribution in [0.2, 0.25) is 0 Å². The molecule has 2 aromatic heterocycles. The lowest BCUT2D eigenvalue weighted by molar-refractivity contribution is 0.587. The number of rotatable bonds is 5. The van der Waals surface area contributed by atoms with E-state index in [0.29, 0.717) is 5.69 Å². The Morgan fingerprint density at radius 1 is 1.10 bits per heavy atom. The number of aliphatic imine (C=N–C) groups is 1. The minimum absolute atomic E-state index is 0.0475. The van der Waals surface area contributed by atoms with Crippen molar-refractivity contribution in [3.8, 4) is 0 Å². The summed E-state index contributed by atoms with van der Waals surface area (Å²) in [6, 6.07) is 10.1. The molecule has 0 amide bonds. The van der Waals surface area contributed by atoms with E-state index in [9.17, 15) is 8.42 Å². The minimum Gasteiger partial charge on any atom is -0.275 e. The molecule has 0 saturated heterocycles. The molecule has 1 atom stereocenters. The van der Waals surface area contributed by atoms with E-state index in [-0.39, 0.29) is 22.2 Å². The number of benzene rings is 1. The quantitative estimate of drug-likeness (QED) is 0.583. The topological polar surface area (TPSA) is 89.2 Å². The first-order valence-electron chi connectivity index (χ1n) is 9.41. The molecule has 1 unspecified atom stereocenters. The lowest BCUT2D eigenvalue weighted by atomic mass is 9.87. The molecule has 0 bridgehead atoms. The summed E-state index contributed by atoms with van der Waals surface area (Å²) >= 11 is 3.49. The van der Waals surface area contributed by atoms with E-state index in [2.05, 4.69) is 56.5 Å². The first-order chi connectivity index (χ1) is 14.0. The maximum Gasteiger partial charge on any atom is 0.263 e. The number of halogens is 1. The fourth-order valence-electron chi connectivity index (χ4n) is 3.12. The Balaban J connectivity index is 1.55. The summed E-state index contributed by atoms with van der Waals surface area (Å²) in [4.78, 5) is 9.19. The van der Waals surface area contributed by atoms with Gasteiger partial charge in [-0.15, -0.1) is 0 Å². The number of hydrogen-bond acceptors (Lipinski definition) is 5. The monoisotopic (exact) mass is 487 g/mol. The van der Waals surface area contributed by atoms with Gasteiger partial charge in [-0.05, 0) is 51.2 Å². The second kappa shape index (κ2) is 7.31. The van der Waals surface area contributed by atoms with Crippen LogP contribution in [0.25, 0.3) is 0 Å². The van der Waals surface area contributed by atoms with E-state index in [0.717, 1.165) is 21.3 Å². The number of aryl methyl sites for hydroxylation is 1. The zero-order chi connectivity index (χ0) is 21.7. The number of hydrogen-bond donors (Lipinski definition) is 1. The van der Waals surface area contributed by atoms with Gasteiger partial charge in [-0.2, -0.15) is 5.10 Å². The van der Waals surface area contributed by atoms with E-state index in [1.54, 1.807) is 35.1 Å². The molecule has 156 valence electrons. The molecule has 3 heterocycles. The van der Waals surface area contributed by atoms with Crippen LogP contribution in [0.4, 0.5) is 5.82 Å². The molecule has 1 aliphatic rings. The second-order valence-electron chi connectivity index (χ2n) is 8.26. The van der Waals surface area contributed by atoms with Gasteiger partial charge in [-0.3, -0.25) is 14.4 Å². The average molecular weight is 488 g/mol. The highest BCUT2D eigenvalue weighted by Gasteiger charge is 2.34. The molecular weight excluding hydrogens is 466 g/mol. The van der Waals surface area contributed by atoms with Crippen molar-refractivity contribution < 1.29 is 8.42 Å². The first-order valence-corrected chi connectivity index (χ1v) is 11.7. The normalized spacial score (nSPS) is 16.3. The summed E-state index contributed by atoms with van der Waals surface area (Å²) in [5, 5.41) is 4.16. The number of sulfonamides is 1. The third-order valence-corrected chi connectivity index (χ3v) is 6.90. The van der Waals surface area contributed by atoms with Crippen molar-refractivity contribution in [2.75, 3.05) is 4.72 Å². The number of aromatic nitrogens is 3. The van der Waals surface area contributed by atoms with E-state index in [1.165, 1.54) is 0 Å². The van der Waals surface area contributed by atoms with Crippen LogP contribution in [0, 0.1) is 0 Å². The van der Waals surface area contributed by atoms with E-state index < -0.39 is 10.0 Å². The summed E-state index contributed by atoms with van der Waals surface area (Å²) in [5.41, 5.74) is 3.50. The molecule has 30 heavy (non-hydrogen) atoms. The number of nitrogens with one attached hydrogen (secondary N) is 1.